The number of hydrogen-bond acceptors (Lipinski definition) is 5. The van der Waals surface area contributed by atoms with E-state index in [4.69, 9.17) is 9.47 Å². The molecule has 2 aromatic carbocycles. The first-order valence-electron chi connectivity index (χ1n) is 13.2. The molecule has 5 rings (SSSR count). The predicted octanol–water partition coefficient (Wildman–Crippen LogP) is 4.85. The molecule has 0 N–H and O–H groups in total. The molecule has 9 heteroatoms. The number of benzene rings is 2. The van der Waals surface area contributed by atoms with Gasteiger partial charge in [0.25, 0.3) is 0 Å². The first-order valence-corrected chi connectivity index (χ1v) is 13.2. The Hall–Kier alpha value is -2.91. The summed E-state index contributed by atoms with van der Waals surface area (Å²) in [5, 5.41) is 0. The summed E-state index contributed by atoms with van der Waals surface area (Å²) in [5.41, 5.74) is 3.00. The Labute approximate surface area is 220 Å². The Morgan fingerprint density at radius 1 is 1.16 bits per heavy atom. The van der Waals surface area contributed by atoms with Crippen LogP contribution in [-0.4, -0.2) is 71.8 Å². The van der Waals surface area contributed by atoms with Crippen molar-refractivity contribution in [3.63, 3.8) is 0 Å². The lowest BCUT2D eigenvalue weighted by Crippen LogP contribution is -2.67. The molecule has 0 bridgehead atoms. The maximum Gasteiger partial charge on any atom is 0.471 e. The Balaban J connectivity index is 1.24. The van der Waals surface area contributed by atoms with Crippen LogP contribution >= 0.6 is 0 Å². The van der Waals surface area contributed by atoms with Crippen LogP contribution in [0.1, 0.15) is 59.2 Å². The molecule has 3 fully saturated rings. The monoisotopic (exact) mass is 530 g/mol. The summed E-state index contributed by atoms with van der Waals surface area (Å²) < 4.78 is 52.2. The molecular weight excluding hydrogens is 497 g/mol. The van der Waals surface area contributed by atoms with Gasteiger partial charge in [0, 0.05) is 44.2 Å². The van der Waals surface area contributed by atoms with Gasteiger partial charge in [-0.25, -0.2) is 4.79 Å². The van der Waals surface area contributed by atoms with E-state index in [9.17, 15) is 22.8 Å². The molecule has 3 aliphatic rings. The van der Waals surface area contributed by atoms with Crippen LogP contribution in [0.15, 0.2) is 48.5 Å². The molecule has 3 atom stereocenters. The van der Waals surface area contributed by atoms with Gasteiger partial charge in [-0.05, 0) is 56.4 Å². The molecule has 2 aromatic rings. The molecule has 2 heterocycles. The minimum absolute atomic E-state index is 0.0736. The first-order chi connectivity index (χ1) is 18.1. The maximum absolute atomic E-state index is 13.7. The average Bonchev–Trinajstić information content (AvgIpc) is 3.64. The molecule has 0 aromatic heterocycles. The highest BCUT2D eigenvalue weighted by Gasteiger charge is 2.57. The number of nitrogens with zero attached hydrogens (tertiary/aromatic N) is 2. The highest BCUT2D eigenvalue weighted by molar-refractivity contribution is 5.89. The van der Waals surface area contributed by atoms with Crippen molar-refractivity contribution in [1.82, 2.24) is 9.80 Å². The number of rotatable bonds is 7. The van der Waals surface area contributed by atoms with E-state index in [1.54, 1.807) is 19.1 Å². The lowest BCUT2D eigenvalue weighted by Gasteiger charge is -2.54. The highest BCUT2D eigenvalue weighted by Crippen LogP contribution is 2.49. The molecule has 1 aliphatic carbocycles. The third-order valence-corrected chi connectivity index (χ3v) is 7.82. The quantitative estimate of drug-likeness (QED) is 0.479. The first kappa shape index (κ1) is 26.7. The number of aryl methyl sites for hydroxylation is 1. The summed E-state index contributed by atoms with van der Waals surface area (Å²) in [6, 6.07) is 14.1. The minimum Gasteiger partial charge on any atom is -0.462 e. The molecule has 1 amide bonds. The van der Waals surface area contributed by atoms with Crippen molar-refractivity contribution < 1.29 is 32.2 Å². The number of ether oxygens (including phenoxy) is 2. The van der Waals surface area contributed by atoms with E-state index in [0.29, 0.717) is 57.7 Å². The van der Waals surface area contributed by atoms with Gasteiger partial charge in [-0.2, -0.15) is 13.2 Å². The van der Waals surface area contributed by atoms with Crippen LogP contribution in [0.25, 0.3) is 0 Å². The summed E-state index contributed by atoms with van der Waals surface area (Å²) in [6.45, 7) is 6.18. The third kappa shape index (κ3) is 5.59. The van der Waals surface area contributed by atoms with E-state index in [0.717, 1.165) is 21.6 Å². The molecule has 1 saturated carbocycles. The molecule has 2 saturated heterocycles. The second kappa shape index (κ2) is 10.3. The normalized spacial score (nSPS) is 24.5. The summed E-state index contributed by atoms with van der Waals surface area (Å²) in [5.74, 6) is -2.17. The van der Waals surface area contributed by atoms with Gasteiger partial charge in [0.15, 0.2) is 0 Å². The van der Waals surface area contributed by atoms with Crippen molar-refractivity contribution in [1.29, 1.82) is 0 Å². The summed E-state index contributed by atoms with van der Waals surface area (Å²) >= 11 is 0. The number of likely N-dealkylation sites (tertiary alicyclic amines) is 1. The van der Waals surface area contributed by atoms with Crippen molar-refractivity contribution in [2.75, 3.05) is 26.3 Å². The predicted molar refractivity (Wildman–Crippen MR) is 135 cm³/mol. The molecule has 204 valence electrons. The number of carbonyl (C=O) groups is 2. The number of carbonyl (C=O) groups excluding carboxylic acids is 2. The summed E-state index contributed by atoms with van der Waals surface area (Å²) in [4.78, 5) is 27.8. The number of halogens is 3. The van der Waals surface area contributed by atoms with Crippen molar-refractivity contribution >= 4 is 11.9 Å². The van der Waals surface area contributed by atoms with E-state index in [1.807, 2.05) is 43.3 Å². The number of hydrogen-bond donors (Lipinski definition) is 0. The molecule has 2 aliphatic heterocycles. The standard InChI is InChI=1S/C29H33F3N2O4/c1-3-37-26(35)21-9-7-20(8-10-21)16-33-17-28(18-33)15-23(11-12-38-28)34(27(36)29(30,31)32)25-14-24(25)22-6-4-5-19(2)13-22/h4-10,13,23-25H,3,11-12,14-18H2,1-2H3/t23?,24-,25+/m0/s1. The SMILES string of the molecule is CCOC(=O)c1ccc(CN2CC3(CC(N(C(=O)C(F)(F)F)[C@@H]4C[C@H]4c4cccc(C)c4)CCO3)C2)cc1. The Morgan fingerprint density at radius 2 is 1.89 bits per heavy atom. The second-order valence-electron chi connectivity index (χ2n) is 10.8. The van der Waals surface area contributed by atoms with Crippen LogP contribution in [-0.2, 0) is 20.8 Å². The molecule has 6 nitrogen and oxygen atoms in total. The average molecular weight is 531 g/mol. The van der Waals surface area contributed by atoms with Crippen LogP contribution < -0.4 is 0 Å². The van der Waals surface area contributed by atoms with Gasteiger partial charge in [-0.15, -0.1) is 0 Å². The van der Waals surface area contributed by atoms with Gasteiger partial charge >= 0.3 is 18.1 Å². The zero-order chi connectivity index (χ0) is 27.1. The van der Waals surface area contributed by atoms with Gasteiger partial charge in [-0.1, -0.05) is 42.0 Å². The van der Waals surface area contributed by atoms with Crippen molar-refractivity contribution in [2.24, 2.45) is 0 Å². The lowest BCUT2D eigenvalue weighted by molar-refractivity contribution is -0.205. The topological polar surface area (TPSA) is 59.1 Å². The Kier molecular flexibility index (Phi) is 7.26. The Morgan fingerprint density at radius 3 is 2.55 bits per heavy atom. The number of alkyl halides is 3. The zero-order valence-corrected chi connectivity index (χ0v) is 21.7. The zero-order valence-electron chi connectivity index (χ0n) is 21.7. The molecule has 1 unspecified atom stereocenters. The fraction of sp³-hybridized carbons (Fsp3) is 0.517. The second-order valence-corrected chi connectivity index (χ2v) is 10.8. The third-order valence-electron chi connectivity index (χ3n) is 7.82. The van der Waals surface area contributed by atoms with Gasteiger partial charge in [-0.3, -0.25) is 9.69 Å². The van der Waals surface area contributed by atoms with Gasteiger partial charge in [0.1, 0.15) is 0 Å². The fourth-order valence-electron chi connectivity index (χ4n) is 6.04. The maximum atomic E-state index is 13.7. The van der Waals surface area contributed by atoms with E-state index in [1.165, 1.54) is 0 Å². The van der Waals surface area contributed by atoms with Gasteiger partial charge in [0.2, 0.25) is 0 Å². The van der Waals surface area contributed by atoms with Gasteiger partial charge < -0.3 is 14.4 Å². The van der Waals surface area contributed by atoms with Crippen LogP contribution in [0.5, 0.6) is 0 Å². The van der Waals surface area contributed by atoms with Crippen molar-refractivity contribution in [2.45, 2.75) is 69.4 Å². The number of amides is 1. The minimum atomic E-state index is -4.91. The smallest absolute Gasteiger partial charge is 0.462 e. The van der Waals surface area contributed by atoms with Crippen molar-refractivity contribution in [3.05, 3.63) is 70.8 Å². The molecule has 0 radical (unpaired) electrons. The molecular formula is C29H33F3N2O4. The largest absolute Gasteiger partial charge is 0.471 e. The van der Waals surface area contributed by atoms with E-state index in [2.05, 4.69) is 4.90 Å². The van der Waals surface area contributed by atoms with Crippen LogP contribution in [0.4, 0.5) is 13.2 Å². The van der Waals surface area contributed by atoms with E-state index in [-0.39, 0.29) is 11.9 Å². The lowest BCUT2D eigenvalue weighted by atomic mass is 9.82. The summed E-state index contributed by atoms with van der Waals surface area (Å²) in [6.07, 6.45) is -3.57. The van der Waals surface area contributed by atoms with Crippen molar-refractivity contribution in [3.8, 4) is 0 Å². The van der Waals surface area contributed by atoms with Crippen LogP contribution in [0.3, 0.4) is 0 Å². The fourth-order valence-corrected chi connectivity index (χ4v) is 6.04. The molecule has 1 spiro atoms. The van der Waals surface area contributed by atoms with Gasteiger partial charge in [0.05, 0.1) is 17.8 Å². The van der Waals surface area contributed by atoms with E-state index >= 15 is 0 Å². The highest BCUT2D eigenvalue weighted by atomic mass is 19.4. The van der Waals surface area contributed by atoms with E-state index < -0.39 is 29.8 Å². The molecule has 38 heavy (non-hydrogen) atoms. The summed E-state index contributed by atoms with van der Waals surface area (Å²) in [7, 11) is 0. The van der Waals surface area contributed by atoms with Crippen LogP contribution in [0.2, 0.25) is 0 Å². The Bertz CT molecular complexity index is 1180. The van der Waals surface area contributed by atoms with Crippen LogP contribution in [0, 0.1) is 6.92 Å². The number of esters is 1.